The van der Waals surface area contributed by atoms with Crippen LogP contribution in [0.4, 0.5) is 10.5 Å². The number of urea groups is 1. The van der Waals surface area contributed by atoms with Crippen molar-refractivity contribution in [2.24, 2.45) is 0 Å². The lowest BCUT2D eigenvalue weighted by Gasteiger charge is -2.24. The Bertz CT molecular complexity index is 882. The first-order valence-corrected chi connectivity index (χ1v) is 9.25. The van der Waals surface area contributed by atoms with Crippen LogP contribution in [0.3, 0.4) is 0 Å². The SMILES string of the molecule is Cc1ccccc1NC(=O)N(CCc1ccccn1)Cc1ccc(Cl)cc1. The van der Waals surface area contributed by atoms with Crippen molar-refractivity contribution in [1.82, 2.24) is 9.88 Å². The third-order valence-corrected chi connectivity index (χ3v) is 4.58. The van der Waals surface area contributed by atoms with E-state index in [0.717, 1.165) is 22.5 Å². The molecular formula is C22H22ClN3O. The van der Waals surface area contributed by atoms with Crippen molar-refractivity contribution >= 4 is 23.3 Å². The molecule has 0 spiro atoms. The Morgan fingerprint density at radius 3 is 2.48 bits per heavy atom. The minimum atomic E-state index is -0.129. The van der Waals surface area contributed by atoms with Crippen LogP contribution in [0, 0.1) is 6.92 Å². The number of rotatable bonds is 6. The number of nitrogens with one attached hydrogen (secondary N) is 1. The number of hydrogen-bond acceptors (Lipinski definition) is 2. The molecule has 1 N–H and O–H groups in total. The number of pyridine rings is 1. The van der Waals surface area contributed by atoms with Crippen LogP contribution in [0.1, 0.15) is 16.8 Å². The lowest BCUT2D eigenvalue weighted by atomic mass is 10.2. The quantitative estimate of drug-likeness (QED) is 0.629. The molecule has 2 amide bonds. The van der Waals surface area contributed by atoms with Crippen molar-refractivity contribution in [3.8, 4) is 0 Å². The van der Waals surface area contributed by atoms with E-state index in [2.05, 4.69) is 10.3 Å². The largest absolute Gasteiger partial charge is 0.322 e. The summed E-state index contributed by atoms with van der Waals surface area (Å²) >= 11 is 5.98. The van der Waals surface area contributed by atoms with Crippen LogP contribution in [0.2, 0.25) is 5.02 Å². The van der Waals surface area contributed by atoms with Crippen LogP contribution >= 0.6 is 11.6 Å². The molecule has 0 aliphatic carbocycles. The van der Waals surface area contributed by atoms with Gasteiger partial charge < -0.3 is 10.2 Å². The molecule has 3 aromatic rings. The monoisotopic (exact) mass is 379 g/mol. The van der Waals surface area contributed by atoms with Gasteiger partial charge in [0.15, 0.2) is 0 Å². The first kappa shape index (κ1) is 18.9. The number of benzene rings is 2. The van der Waals surface area contributed by atoms with E-state index in [-0.39, 0.29) is 6.03 Å². The molecule has 0 bridgehead atoms. The Kier molecular flexibility index (Phi) is 6.44. The zero-order chi connectivity index (χ0) is 19.1. The van der Waals surface area contributed by atoms with Gasteiger partial charge in [-0.3, -0.25) is 4.98 Å². The highest BCUT2D eigenvalue weighted by atomic mass is 35.5. The summed E-state index contributed by atoms with van der Waals surface area (Å²) < 4.78 is 0. The van der Waals surface area contributed by atoms with Gasteiger partial charge >= 0.3 is 6.03 Å². The number of carbonyl (C=O) groups excluding carboxylic acids is 1. The molecule has 2 aromatic carbocycles. The summed E-state index contributed by atoms with van der Waals surface area (Å²) in [5.74, 6) is 0. The van der Waals surface area contributed by atoms with Gasteiger partial charge in [0.05, 0.1) is 0 Å². The van der Waals surface area contributed by atoms with Crippen LogP contribution in [-0.4, -0.2) is 22.5 Å². The summed E-state index contributed by atoms with van der Waals surface area (Å²) in [7, 11) is 0. The standard InChI is InChI=1S/C22H22ClN3O/c1-17-6-2-3-8-21(17)25-22(27)26(15-13-20-7-4-5-14-24-20)16-18-9-11-19(23)12-10-18/h2-12,14H,13,15-16H2,1H3,(H,25,27). The molecule has 5 heteroatoms. The maximum atomic E-state index is 12.9. The molecule has 138 valence electrons. The van der Waals surface area contributed by atoms with Crippen molar-refractivity contribution in [1.29, 1.82) is 0 Å². The molecule has 0 saturated heterocycles. The average molecular weight is 380 g/mol. The number of anilines is 1. The van der Waals surface area contributed by atoms with E-state index in [0.29, 0.717) is 24.5 Å². The van der Waals surface area contributed by atoms with Gasteiger partial charge in [-0.2, -0.15) is 0 Å². The summed E-state index contributed by atoms with van der Waals surface area (Å²) in [6.45, 7) is 3.05. The second-order valence-corrected chi connectivity index (χ2v) is 6.80. The van der Waals surface area contributed by atoms with Gasteiger partial charge in [-0.15, -0.1) is 0 Å². The highest BCUT2D eigenvalue weighted by Crippen LogP contribution is 2.16. The van der Waals surface area contributed by atoms with E-state index in [1.54, 1.807) is 11.1 Å². The second kappa shape index (κ2) is 9.19. The molecule has 4 nitrogen and oxygen atoms in total. The molecule has 3 rings (SSSR count). The van der Waals surface area contributed by atoms with E-state index < -0.39 is 0 Å². The zero-order valence-corrected chi connectivity index (χ0v) is 16.0. The van der Waals surface area contributed by atoms with Gasteiger partial charge in [-0.1, -0.05) is 48.0 Å². The molecule has 1 heterocycles. The summed E-state index contributed by atoms with van der Waals surface area (Å²) in [6.07, 6.45) is 2.46. The van der Waals surface area contributed by atoms with Crippen LogP contribution in [0.25, 0.3) is 0 Å². The molecule has 0 aliphatic rings. The van der Waals surface area contributed by atoms with E-state index >= 15 is 0 Å². The third-order valence-electron chi connectivity index (χ3n) is 4.32. The molecule has 0 aliphatic heterocycles. The fraction of sp³-hybridized carbons (Fsp3) is 0.182. The number of hydrogen-bond donors (Lipinski definition) is 1. The molecule has 0 saturated carbocycles. The summed E-state index contributed by atoms with van der Waals surface area (Å²) in [5, 5.41) is 3.70. The Morgan fingerprint density at radius 1 is 1.04 bits per heavy atom. The van der Waals surface area contributed by atoms with Crippen molar-refractivity contribution in [3.05, 3.63) is 94.8 Å². The minimum Gasteiger partial charge on any atom is -0.320 e. The second-order valence-electron chi connectivity index (χ2n) is 6.36. The van der Waals surface area contributed by atoms with Gasteiger partial charge in [0.2, 0.25) is 0 Å². The number of nitrogens with zero attached hydrogens (tertiary/aromatic N) is 2. The van der Waals surface area contributed by atoms with Crippen LogP contribution in [0.15, 0.2) is 72.9 Å². The zero-order valence-electron chi connectivity index (χ0n) is 15.2. The Labute approximate surface area is 164 Å². The van der Waals surface area contributed by atoms with Crippen molar-refractivity contribution in [2.45, 2.75) is 19.9 Å². The molecule has 0 fully saturated rings. The van der Waals surface area contributed by atoms with E-state index in [1.807, 2.05) is 73.7 Å². The third kappa shape index (κ3) is 5.56. The van der Waals surface area contributed by atoms with Crippen molar-refractivity contribution in [3.63, 3.8) is 0 Å². The molecule has 0 unspecified atom stereocenters. The van der Waals surface area contributed by atoms with Gasteiger partial charge in [-0.25, -0.2) is 4.79 Å². The van der Waals surface area contributed by atoms with Gasteiger partial charge in [-0.05, 0) is 48.4 Å². The number of aromatic nitrogens is 1. The fourth-order valence-corrected chi connectivity index (χ4v) is 2.89. The van der Waals surface area contributed by atoms with Crippen molar-refractivity contribution in [2.75, 3.05) is 11.9 Å². The fourth-order valence-electron chi connectivity index (χ4n) is 2.77. The predicted octanol–water partition coefficient (Wildman–Crippen LogP) is 5.32. The molecule has 1 aromatic heterocycles. The number of amides is 2. The summed E-state index contributed by atoms with van der Waals surface area (Å²) in [4.78, 5) is 19.1. The molecular weight excluding hydrogens is 358 g/mol. The smallest absolute Gasteiger partial charge is 0.320 e. The molecule has 27 heavy (non-hydrogen) atoms. The normalized spacial score (nSPS) is 10.4. The van der Waals surface area contributed by atoms with E-state index in [4.69, 9.17) is 11.6 Å². The highest BCUT2D eigenvalue weighted by molar-refractivity contribution is 6.30. The van der Waals surface area contributed by atoms with Crippen molar-refractivity contribution < 1.29 is 4.79 Å². The lowest BCUT2D eigenvalue weighted by molar-refractivity contribution is 0.209. The minimum absolute atomic E-state index is 0.129. The first-order chi connectivity index (χ1) is 13.1. The maximum Gasteiger partial charge on any atom is 0.322 e. The van der Waals surface area contributed by atoms with Crippen LogP contribution in [-0.2, 0) is 13.0 Å². The van der Waals surface area contributed by atoms with Gasteiger partial charge in [0.25, 0.3) is 0 Å². The number of aryl methyl sites for hydroxylation is 1. The Morgan fingerprint density at radius 2 is 1.78 bits per heavy atom. The Balaban J connectivity index is 1.74. The summed E-state index contributed by atoms with van der Waals surface area (Å²) in [6, 6.07) is 21.0. The molecule has 0 atom stereocenters. The number of halogens is 1. The number of para-hydroxylation sites is 1. The Hall–Kier alpha value is -2.85. The lowest BCUT2D eigenvalue weighted by Crippen LogP contribution is -2.36. The number of carbonyl (C=O) groups is 1. The summed E-state index contributed by atoms with van der Waals surface area (Å²) in [5.41, 5.74) is 3.84. The topological polar surface area (TPSA) is 45.2 Å². The first-order valence-electron chi connectivity index (χ1n) is 8.88. The van der Waals surface area contributed by atoms with Crippen LogP contribution in [0.5, 0.6) is 0 Å². The van der Waals surface area contributed by atoms with Gasteiger partial charge in [0.1, 0.15) is 0 Å². The predicted molar refractivity (Wildman–Crippen MR) is 110 cm³/mol. The van der Waals surface area contributed by atoms with Crippen LogP contribution < -0.4 is 5.32 Å². The van der Waals surface area contributed by atoms with E-state index in [9.17, 15) is 4.79 Å². The van der Waals surface area contributed by atoms with Gasteiger partial charge in [0, 0.05) is 42.1 Å². The van der Waals surface area contributed by atoms with E-state index in [1.165, 1.54) is 0 Å². The average Bonchev–Trinajstić information content (AvgIpc) is 2.69. The highest BCUT2D eigenvalue weighted by Gasteiger charge is 2.15. The maximum absolute atomic E-state index is 12.9. The molecule has 0 radical (unpaired) electrons.